The maximum Gasteiger partial charge on any atom is 0.344 e. The molecule has 1 aliphatic rings. The summed E-state index contributed by atoms with van der Waals surface area (Å²) in [6.07, 6.45) is 0. The van der Waals surface area contributed by atoms with E-state index in [1.165, 1.54) is 0 Å². The second-order valence-electron chi connectivity index (χ2n) is 5.20. The summed E-state index contributed by atoms with van der Waals surface area (Å²) in [6.45, 7) is 1.56. The standard InChI is InChI=1S/C17H14N4O4/c1-2-25-17(24)14-13(10-6-4-3-5-7-10)11(8-18)15-20-12(22)9-19-21(15)16(14)23/h3-7,19H,2,9H2,1H3,(H,20,22). The number of pyridine rings is 1. The maximum absolute atomic E-state index is 12.8. The van der Waals surface area contributed by atoms with E-state index in [0.717, 1.165) is 4.68 Å². The Labute approximate surface area is 142 Å². The highest BCUT2D eigenvalue weighted by Gasteiger charge is 2.30. The molecule has 25 heavy (non-hydrogen) atoms. The van der Waals surface area contributed by atoms with E-state index in [0.29, 0.717) is 5.56 Å². The molecule has 126 valence electrons. The first-order valence-electron chi connectivity index (χ1n) is 7.57. The monoisotopic (exact) mass is 338 g/mol. The molecule has 0 atom stereocenters. The molecule has 2 aromatic rings. The third-order valence-electron chi connectivity index (χ3n) is 3.69. The van der Waals surface area contributed by atoms with E-state index in [1.807, 2.05) is 6.07 Å². The molecule has 3 rings (SSSR count). The van der Waals surface area contributed by atoms with Gasteiger partial charge in [0.25, 0.3) is 5.56 Å². The highest BCUT2D eigenvalue weighted by molar-refractivity contribution is 6.02. The molecule has 2 N–H and O–H groups in total. The van der Waals surface area contributed by atoms with Crippen molar-refractivity contribution < 1.29 is 14.3 Å². The number of anilines is 1. The van der Waals surface area contributed by atoms with Crippen LogP contribution in [0, 0.1) is 11.3 Å². The van der Waals surface area contributed by atoms with Gasteiger partial charge in [-0.2, -0.15) is 5.26 Å². The summed E-state index contributed by atoms with van der Waals surface area (Å²) in [5, 5.41) is 12.2. The lowest BCUT2D eigenvalue weighted by molar-refractivity contribution is -0.115. The minimum atomic E-state index is -0.822. The molecule has 0 spiro atoms. The summed E-state index contributed by atoms with van der Waals surface area (Å²) in [4.78, 5) is 36.9. The molecule has 1 amide bonds. The number of carbonyl (C=O) groups excluding carboxylic acids is 2. The van der Waals surface area contributed by atoms with Crippen LogP contribution in [0.4, 0.5) is 5.82 Å². The number of carbonyl (C=O) groups is 2. The zero-order chi connectivity index (χ0) is 18.0. The van der Waals surface area contributed by atoms with Crippen LogP contribution in [-0.2, 0) is 9.53 Å². The van der Waals surface area contributed by atoms with Crippen LogP contribution in [0.2, 0.25) is 0 Å². The number of aromatic nitrogens is 1. The number of benzene rings is 1. The van der Waals surface area contributed by atoms with Gasteiger partial charge in [-0.25, -0.2) is 9.47 Å². The van der Waals surface area contributed by atoms with Crippen LogP contribution in [0.5, 0.6) is 0 Å². The van der Waals surface area contributed by atoms with Crippen molar-refractivity contribution >= 4 is 17.7 Å². The van der Waals surface area contributed by atoms with Gasteiger partial charge < -0.3 is 15.5 Å². The zero-order valence-corrected chi connectivity index (χ0v) is 13.3. The first-order valence-corrected chi connectivity index (χ1v) is 7.57. The number of ether oxygens (including phenoxy) is 1. The number of nitriles is 1. The summed E-state index contributed by atoms with van der Waals surface area (Å²) in [5.74, 6) is -1.20. The molecule has 0 radical (unpaired) electrons. The van der Waals surface area contributed by atoms with Crippen molar-refractivity contribution in [1.82, 2.24) is 4.68 Å². The topological polar surface area (TPSA) is 113 Å². The molecular weight excluding hydrogens is 324 g/mol. The number of hydrogen-bond acceptors (Lipinski definition) is 6. The number of fused-ring (bicyclic) bond motifs is 1. The van der Waals surface area contributed by atoms with Gasteiger partial charge in [-0.1, -0.05) is 30.3 Å². The number of hydrogen-bond donors (Lipinski definition) is 2. The number of nitrogens with one attached hydrogen (secondary N) is 2. The first-order chi connectivity index (χ1) is 12.1. The van der Waals surface area contributed by atoms with Crippen molar-refractivity contribution in [2.24, 2.45) is 0 Å². The second-order valence-corrected chi connectivity index (χ2v) is 5.20. The van der Waals surface area contributed by atoms with E-state index >= 15 is 0 Å². The summed E-state index contributed by atoms with van der Waals surface area (Å²) >= 11 is 0. The van der Waals surface area contributed by atoms with Gasteiger partial charge in [-0.15, -0.1) is 0 Å². The van der Waals surface area contributed by atoms with Crippen LogP contribution in [0.3, 0.4) is 0 Å². The molecule has 0 unspecified atom stereocenters. The Morgan fingerprint density at radius 3 is 2.68 bits per heavy atom. The van der Waals surface area contributed by atoms with Gasteiger partial charge in [0.2, 0.25) is 5.91 Å². The molecule has 0 bridgehead atoms. The van der Waals surface area contributed by atoms with Gasteiger partial charge >= 0.3 is 5.97 Å². The minimum absolute atomic E-state index is 0.00871. The molecule has 2 heterocycles. The molecule has 1 aromatic carbocycles. The Bertz CT molecular complexity index is 957. The number of amides is 1. The molecule has 8 nitrogen and oxygen atoms in total. The van der Waals surface area contributed by atoms with Gasteiger partial charge in [-0.3, -0.25) is 9.59 Å². The Morgan fingerprint density at radius 1 is 1.32 bits per heavy atom. The van der Waals surface area contributed by atoms with Crippen LogP contribution in [-0.4, -0.2) is 29.7 Å². The maximum atomic E-state index is 12.8. The average molecular weight is 338 g/mol. The lowest BCUT2D eigenvalue weighted by Crippen LogP contribution is -2.44. The smallest absolute Gasteiger partial charge is 0.344 e. The predicted molar refractivity (Wildman–Crippen MR) is 89.7 cm³/mol. The Kier molecular flexibility index (Phi) is 4.22. The lowest BCUT2D eigenvalue weighted by atomic mass is 9.95. The van der Waals surface area contributed by atoms with Gasteiger partial charge in [-0.05, 0) is 12.5 Å². The molecule has 8 heteroatoms. The normalized spacial score (nSPS) is 12.4. The van der Waals surface area contributed by atoms with Crippen molar-refractivity contribution in [3.8, 4) is 17.2 Å². The van der Waals surface area contributed by atoms with Crippen LogP contribution >= 0.6 is 0 Å². The van der Waals surface area contributed by atoms with Gasteiger partial charge in [0.15, 0.2) is 5.82 Å². The fraction of sp³-hybridized carbons (Fsp3) is 0.176. The van der Waals surface area contributed by atoms with Crippen molar-refractivity contribution in [2.75, 3.05) is 23.9 Å². The fourth-order valence-corrected chi connectivity index (χ4v) is 2.67. The SMILES string of the molecule is CCOC(=O)c1c(-c2ccccc2)c(C#N)c2n(c1=O)NCC(=O)N2. The first kappa shape index (κ1) is 16.3. The number of esters is 1. The summed E-state index contributed by atoms with van der Waals surface area (Å²) < 4.78 is 6.00. The lowest BCUT2D eigenvalue weighted by Gasteiger charge is -2.24. The molecule has 0 aliphatic carbocycles. The van der Waals surface area contributed by atoms with Crippen molar-refractivity contribution in [3.63, 3.8) is 0 Å². The Balaban J connectivity index is 2.42. The third kappa shape index (κ3) is 2.72. The van der Waals surface area contributed by atoms with E-state index in [2.05, 4.69) is 10.7 Å². The van der Waals surface area contributed by atoms with E-state index in [1.54, 1.807) is 37.3 Å². The highest BCUT2D eigenvalue weighted by Crippen LogP contribution is 2.31. The van der Waals surface area contributed by atoms with Crippen molar-refractivity contribution in [3.05, 3.63) is 51.8 Å². The van der Waals surface area contributed by atoms with E-state index in [9.17, 15) is 19.6 Å². The van der Waals surface area contributed by atoms with Crippen molar-refractivity contribution in [2.45, 2.75) is 6.92 Å². The van der Waals surface area contributed by atoms with E-state index in [-0.39, 0.29) is 35.7 Å². The predicted octanol–water partition coefficient (Wildman–Crippen LogP) is 1.06. The zero-order valence-electron chi connectivity index (χ0n) is 13.3. The van der Waals surface area contributed by atoms with E-state index < -0.39 is 17.4 Å². The quantitative estimate of drug-likeness (QED) is 0.809. The highest BCUT2D eigenvalue weighted by atomic mass is 16.5. The number of nitrogens with zero attached hydrogens (tertiary/aromatic N) is 2. The van der Waals surface area contributed by atoms with Crippen LogP contribution < -0.4 is 16.3 Å². The summed E-state index contributed by atoms with van der Waals surface area (Å²) in [6, 6.07) is 10.5. The summed E-state index contributed by atoms with van der Waals surface area (Å²) in [5.41, 5.74) is 2.31. The third-order valence-corrected chi connectivity index (χ3v) is 3.69. The minimum Gasteiger partial charge on any atom is -0.462 e. The van der Waals surface area contributed by atoms with Crippen LogP contribution in [0.1, 0.15) is 22.8 Å². The molecule has 0 fully saturated rings. The Morgan fingerprint density at radius 2 is 2.04 bits per heavy atom. The van der Waals surface area contributed by atoms with Crippen LogP contribution in [0.25, 0.3) is 11.1 Å². The molecule has 0 saturated carbocycles. The fourth-order valence-electron chi connectivity index (χ4n) is 2.67. The van der Waals surface area contributed by atoms with Gasteiger partial charge in [0.05, 0.1) is 6.61 Å². The molecule has 1 aliphatic heterocycles. The van der Waals surface area contributed by atoms with Crippen molar-refractivity contribution in [1.29, 1.82) is 5.26 Å². The Hall–Kier alpha value is -3.60. The average Bonchev–Trinajstić information content (AvgIpc) is 2.62. The number of rotatable bonds is 3. The molecule has 1 aromatic heterocycles. The van der Waals surface area contributed by atoms with Gasteiger partial charge in [0.1, 0.15) is 23.7 Å². The molecular formula is C17H14N4O4. The van der Waals surface area contributed by atoms with Gasteiger partial charge in [0, 0.05) is 5.56 Å². The van der Waals surface area contributed by atoms with Crippen LogP contribution in [0.15, 0.2) is 35.1 Å². The molecule has 0 saturated heterocycles. The summed E-state index contributed by atoms with van der Waals surface area (Å²) in [7, 11) is 0. The van der Waals surface area contributed by atoms with E-state index in [4.69, 9.17) is 4.74 Å². The second kappa shape index (κ2) is 6.49. The largest absolute Gasteiger partial charge is 0.462 e.